The third kappa shape index (κ3) is 1.89. The Morgan fingerprint density at radius 1 is 1.38 bits per heavy atom. The summed E-state index contributed by atoms with van der Waals surface area (Å²) in [5.74, 6) is 0. The van der Waals surface area contributed by atoms with Crippen molar-refractivity contribution in [3.05, 3.63) is 29.3 Å². The Morgan fingerprint density at radius 2 is 2.23 bits per heavy atom. The van der Waals surface area contributed by atoms with Crippen molar-refractivity contribution in [2.45, 2.75) is 30.2 Å². The molecule has 0 saturated carbocycles. The molecule has 0 amide bonds. The molecule has 0 aromatic heterocycles. The van der Waals surface area contributed by atoms with E-state index < -0.39 is 0 Å². The van der Waals surface area contributed by atoms with Crippen LogP contribution in [-0.4, -0.2) is 12.3 Å². The first-order valence-electron chi connectivity index (χ1n) is 4.71. The second-order valence-corrected chi connectivity index (χ2v) is 4.52. The van der Waals surface area contributed by atoms with Crippen molar-refractivity contribution in [1.29, 1.82) is 0 Å². The molecule has 1 unspecified atom stereocenters. The van der Waals surface area contributed by atoms with Crippen molar-refractivity contribution in [1.82, 2.24) is 0 Å². The summed E-state index contributed by atoms with van der Waals surface area (Å²) in [5, 5.41) is 0. The van der Waals surface area contributed by atoms with Crippen LogP contribution in [0.25, 0.3) is 0 Å². The van der Waals surface area contributed by atoms with Crippen molar-refractivity contribution >= 4 is 11.8 Å². The van der Waals surface area contributed by atoms with E-state index in [1.165, 1.54) is 16.0 Å². The first-order valence-corrected chi connectivity index (χ1v) is 5.93. The van der Waals surface area contributed by atoms with E-state index in [4.69, 9.17) is 5.73 Å². The maximum atomic E-state index is 5.93. The van der Waals surface area contributed by atoms with Crippen LogP contribution in [0, 0.1) is 0 Å². The molecule has 1 aliphatic carbocycles. The first-order chi connectivity index (χ1) is 6.29. The molecule has 1 aromatic rings. The van der Waals surface area contributed by atoms with Gasteiger partial charge in [0.1, 0.15) is 0 Å². The number of fused-ring (bicyclic) bond motifs is 1. The van der Waals surface area contributed by atoms with Gasteiger partial charge in [0.2, 0.25) is 0 Å². The van der Waals surface area contributed by atoms with Gasteiger partial charge in [0.05, 0.1) is 0 Å². The highest BCUT2D eigenvalue weighted by Crippen LogP contribution is 2.25. The monoisotopic (exact) mass is 193 g/mol. The van der Waals surface area contributed by atoms with Crippen molar-refractivity contribution in [3.8, 4) is 0 Å². The number of benzene rings is 1. The van der Waals surface area contributed by atoms with Gasteiger partial charge in [-0.3, -0.25) is 0 Å². The minimum Gasteiger partial charge on any atom is -0.327 e. The zero-order valence-corrected chi connectivity index (χ0v) is 8.73. The Bertz CT molecular complexity index is 309. The second kappa shape index (κ2) is 3.72. The van der Waals surface area contributed by atoms with Crippen molar-refractivity contribution in [2.24, 2.45) is 5.73 Å². The molecular weight excluding hydrogens is 178 g/mol. The van der Waals surface area contributed by atoms with Crippen LogP contribution < -0.4 is 5.73 Å². The Labute approximate surface area is 83.7 Å². The number of nitrogens with two attached hydrogens (primary N) is 1. The molecule has 0 bridgehead atoms. The van der Waals surface area contributed by atoms with Crippen molar-refractivity contribution in [2.75, 3.05) is 6.26 Å². The minimum atomic E-state index is 0.379. The quantitative estimate of drug-likeness (QED) is 0.692. The first kappa shape index (κ1) is 9.10. The molecule has 1 nitrogen and oxygen atoms in total. The van der Waals surface area contributed by atoms with Gasteiger partial charge in [-0.05, 0) is 48.8 Å². The third-order valence-electron chi connectivity index (χ3n) is 2.68. The van der Waals surface area contributed by atoms with E-state index in [-0.39, 0.29) is 0 Å². The minimum absolute atomic E-state index is 0.379. The SMILES string of the molecule is CSc1ccc2c(c1)CC(N)CC2. The van der Waals surface area contributed by atoms with Crippen molar-refractivity contribution in [3.63, 3.8) is 0 Å². The van der Waals surface area contributed by atoms with E-state index >= 15 is 0 Å². The zero-order valence-electron chi connectivity index (χ0n) is 7.92. The molecule has 2 heteroatoms. The fraction of sp³-hybridized carbons (Fsp3) is 0.455. The highest BCUT2D eigenvalue weighted by atomic mass is 32.2. The van der Waals surface area contributed by atoms with Gasteiger partial charge in [-0.2, -0.15) is 0 Å². The maximum Gasteiger partial charge on any atom is 0.00825 e. The van der Waals surface area contributed by atoms with Gasteiger partial charge in [0, 0.05) is 10.9 Å². The lowest BCUT2D eigenvalue weighted by molar-refractivity contribution is 0.575. The molecule has 1 atom stereocenters. The molecular formula is C11H15NS. The maximum absolute atomic E-state index is 5.93. The van der Waals surface area contributed by atoms with Crippen LogP contribution in [-0.2, 0) is 12.8 Å². The van der Waals surface area contributed by atoms with Crippen LogP contribution in [0.5, 0.6) is 0 Å². The Hall–Kier alpha value is -0.470. The Balaban J connectivity index is 2.32. The average molecular weight is 193 g/mol. The number of aryl methyl sites for hydroxylation is 1. The largest absolute Gasteiger partial charge is 0.327 e. The van der Waals surface area contributed by atoms with E-state index in [2.05, 4.69) is 24.5 Å². The molecule has 2 N–H and O–H groups in total. The van der Waals surface area contributed by atoms with Crippen LogP contribution in [0.2, 0.25) is 0 Å². The predicted molar refractivity (Wildman–Crippen MR) is 58.2 cm³/mol. The summed E-state index contributed by atoms with van der Waals surface area (Å²) in [4.78, 5) is 1.35. The van der Waals surface area contributed by atoms with Crippen LogP contribution in [0.3, 0.4) is 0 Å². The lowest BCUT2D eigenvalue weighted by Crippen LogP contribution is -2.27. The van der Waals surface area contributed by atoms with Gasteiger partial charge >= 0.3 is 0 Å². The number of thioether (sulfide) groups is 1. The highest BCUT2D eigenvalue weighted by molar-refractivity contribution is 7.98. The van der Waals surface area contributed by atoms with E-state index in [9.17, 15) is 0 Å². The predicted octanol–water partition coefficient (Wildman–Crippen LogP) is 2.22. The van der Waals surface area contributed by atoms with Gasteiger partial charge in [-0.25, -0.2) is 0 Å². The zero-order chi connectivity index (χ0) is 9.26. The molecule has 0 fully saturated rings. The molecule has 13 heavy (non-hydrogen) atoms. The number of hydrogen-bond acceptors (Lipinski definition) is 2. The topological polar surface area (TPSA) is 26.0 Å². The summed E-state index contributed by atoms with van der Waals surface area (Å²) < 4.78 is 0. The summed E-state index contributed by atoms with van der Waals surface area (Å²) in [7, 11) is 0. The summed E-state index contributed by atoms with van der Waals surface area (Å²) in [6, 6.07) is 7.14. The summed E-state index contributed by atoms with van der Waals surface area (Å²) in [6.45, 7) is 0. The lowest BCUT2D eigenvalue weighted by Gasteiger charge is -2.21. The molecule has 0 radical (unpaired) electrons. The van der Waals surface area contributed by atoms with Gasteiger partial charge in [-0.1, -0.05) is 6.07 Å². The normalized spacial score (nSPS) is 21.2. The molecule has 0 spiro atoms. The molecule has 70 valence electrons. The average Bonchev–Trinajstić information content (AvgIpc) is 2.16. The Morgan fingerprint density at radius 3 is 3.00 bits per heavy atom. The Kier molecular flexibility index (Phi) is 2.61. The van der Waals surface area contributed by atoms with Gasteiger partial charge < -0.3 is 5.73 Å². The summed E-state index contributed by atoms with van der Waals surface area (Å²) in [6.07, 6.45) is 5.48. The standard InChI is InChI=1S/C11H15NS/c1-13-11-5-3-8-2-4-10(12)6-9(8)7-11/h3,5,7,10H,2,4,6,12H2,1H3. The molecule has 0 heterocycles. The number of rotatable bonds is 1. The fourth-order valence-electron chi connectivity index (χ4n) is 1.89. The fourth-order valence-corrected chi connectivity index (χ4v) is 2.35. The van der Waals surface area contributed by atoms with Gasteiger partial charge in [0.25, 0.3) is 0 Å². The molecule has 0 aliphatic heterocycles. The highest BCUT2D eigenvalue weighted by Gasteiger charge is 2.14. The third-order valence-corrected chi connectivity index (χ3v) is 3.41. The second-order valence-electron chi connectivity index (χ2n) is 3.64. The van der Waals surface area contributed by atoms with Gasteiger partial charge in [0.15, 0.2) is 0 Å². The summed E-state index contributed by atoms with van der Waals surface area (Å²) in [5.41, 5.74) is 8.90. The molecule has 0 saturated heterocycles. The van der Waals surface area contributed by atoms with Crippen LogP contribution in [0.4, 0.5) is 0 Å². The number of hydrogen-bond donors (Lipinski definition) is 1. The van der Waals surface area contributed by atoms with Crippen LogP contribution >= 0.6 is 11.8 Å². The van der Waals surface area contributed by atoms with Gasteiger partial charge in [-0.15, -0.1) is 11.8 Å². The van der Waals surface area contributed by atoms with E-state index in [1.54, 1.807) is 11.8 Å². The smallest absolute Gasteiger partial charge is 0.00825 e. The van der Waals surface area contributed by atoms with Crippen LogP contribution in [0.15, 0.2) is 23.1 Å². The van der Waals surface area contributed by atoms with Crippen LogP contribution in [0.1, 0.15) is 17.5 Å². The summed E-state index contributed by atoms with van der Waals surface area (Å²) >= 11 is 1.80. The molecule has 2 rings (SSSR count). The van der Waals surface area contributed by atoms with Crippen molar-refractivity contribution < 1.29 is 0 Å². The molecule has 1 aromatic carbocycles. The van der Waals surface area contributed by atoms with E-state index in [0.29, 0.717) is 6.04 Å². The van der Waals surface area contributed by atoms with E-state index in [0.717, 1.165) is 19.3 Å². The molecule has 1 aliphatic rings. The lowest BCUT2D eigenvalue weighted by atomic mass is 9.89. The van der Waals surface area contributed by atoms with E-state index in [1.807, 2.05) is 0 Å².